The van der Waals surface area contributed by atoms with E-state index in [0.29, 0.717) is 34.4 Å². The molecule has 2 aromatic heterocycles. The summed E-state index contributed by atoms with van der Waals surface area (Å²) in [5, 5.41) is 14.4. The van der Waals surface area contributed by atoms with Gasteiger partial charge in [0.15, 0.2) is 17.2 Å². The maximum absolute atomic E-state index is 10.3. The number of aromatic nitrogens is 3. The molecule has 4 aromatic rings. The molecule has 0 saturated heterocycles. The molecular formula is C22H20N4O4. The number of ether oxygens (including phenoxy) is 3. The SMILES string of the molecule is COc1cc(Nc2cnc(O)c(-c3ccc4ccccc4n3)n2)cc(OC)c1OC. The third kappa shape index (κ3) is 3.62. The number of aromatic hydroxyl groups is 1. The number of para-hydroxylation sites is 1. The van der Waals surface area contributed by atoms with E-state index in [9.17, 15) is 5.11 Å². The Morgan fingerprint density at radius 3 is 2.30 bits per heavy atom. The largest absolute Gasteiger partial charge is 0.493 e. The van der Waals surface area contributed by atoms with Gasteiger partial charge >= 0.3 is 0 Å². The van der Waals surface area contributed by atoms with Crippen molar-refractivity contribution in [3.05, 3.63) is 54.7 Å². The smallest absolute Gasteiger partial charge is 0.239 e. The summed E-state index contributed by atoms with van der Waals surface area (Å²) in [7, 11) is 4.64. The molecule has 8 heteroatoms. The summed E-state index contributed by atoms with van der Waals surface area (Å²) in [5.74, 6) is 1.72. The lowest BCUT2D eigenvalue weighted by Crippen LogP contribution is -2.00. The van der Waals surface area contributed by atoms with Crippen LogP contribution in [0.1, 0.15) is 0 Å². The molecule has 4 rings (SSSR count). The fourth-order valence-electron chi connectivity index (χ4n) is 3.11. The Morgan fingerprint density at radius 2 is 1.60 bits per heavy atom. The van der Waals surface area contributed by atoms with Crippen molar-refractivity contribution >= 4 is 22.4 Å². The van der Waals surface area contributed by atoms with E-state index in [-0.39, 0.29) is 11.6 Å². The number of benzene rings is 2. The maximum Gasteiger partial charge on any atom is 0.239 e. The van der Waals surface area contributed by atoms with Crippen molar-refractivity contribution in [3.63, 3.8) is 0 Å². The van der Waals surface area contributed by atoms with E-state index >= 15 is 0 Å². The van der Waals surface area contributed by atoms with Gasteiger partial charge in [0.05, 0.1) is 38.7 Å². The van der Waals surface area contributed by atoms with Crippen LogP contribution in [-0.2, 0) is 0 Å². The number of rotatable bonds is 6. The van der Waals surface area contributed by atoms with Crippen LogP contribution in [0.4, 0.5) is 11.5 Å². The van der Waals surface area contributed by atoms with Crippen molar-refractivity contribution in [3.8, 4) is 34.5 Å². The number of nitrogens with zero attached hydrogens (tertiary/aromatic N) is 3. The second kappa shape index (κ2) is 8.12. The second-order valence-electron chi connectivity index (χ2n) is 6.36. The Hall–Kier alpha value is -4.07. The summed E-state index contributed by atoms with van der Waals surface area (Å²) in [6.45, 7) is 0. The molecule has 8 nitrogen and oxygen atoms in total. The van der Waals surface area contributed by atoms with Gasteiger partial charge in [-0.15, -0.1) is 0 Å². The van der Waals surface area contributed by atoms with Gasteiger partial charge in [0.2, 0.25) is 11.6 Å². The Balaban J connectivity index is 1.71. The highest BCUT2D eigenvalue weighted by Gasteiger charge is 2.15. The van der Waals surface area contributed by atoms with Gasteiger partial charge in [-0.3, -0.25) is 0 Å². The average Bonchev–Trinajstić information content (AvgIpc) is 2.79. The van der Waals surface area contributed by atoms with Crippen LogP contribution in [0, 0.1) is 0 Å². The highest BCUT2D eigenvalue weighted by Crippen LogP contribution is 2.40. The molecular weight excluding hydrogens is 384 g/mol. The third-order valence-corrected chi connectivity index (χ3v) is 4.53. The van der Waals surface area contributed by atoms with Crippen molar-refractivity contribution in [2.24, 2.45) is 0 Å². The molecule has 0 saturated carbocycles. The number of pyridine rings is 1. The molecule has 0 bridgehead atoms. The number of hydrogen-bond donors (Lipinski definition) is 2. The van der Waals surface area contributed by atoms with E-state index in [2.05, 4.69) is 20.3 Å². The average molecular weight is 404 g/mol. The summed E-state index contributed by atoms with van der Waals surface area (Å²) in [5.41, 5.74) is 2.26. The molecule has 0 unspecified atom stereocenters. The number of hydrogen-bond acceptors (Lipinski definition) is 8. The van der Waals surface area contributed by atoms with Gasteiger partial charge in [-0.2, -0.15) is 0 Å². The minimum Gasteiger partial charge on any atom is -0.493 e. The van der Waals surface area contributed by atoms with Crippen molar-refractivity contribution in [1.82, 2.24) is 15.0 Å². The van der Waals surface area contributed by atoms with Gasteiger partial charge < -0.3 is 24.6 Å². The molecule has 0 atom stereocenters. The van der Waals surface area contributed by atoms with Crippen LogP contribution in [0.25, 0.3) is 22.3 Å². The van der Waals surface area contributed by atoms with Gasteiger partial charge in [-0.25, -0.2) is 15.0 Å². The molecule has 0 radical (unpaired) electrons. The van der Waals surface area contributed by atoms with Crippen molar-refractivity contribution in [2.75, 3.05) is 26.6 Å². The van der Waals surface area contributed by atoms with Gasteiger partial charge in [-0.1, -0.05) is 24.3 Å². The zero-order valence-corrected chi connectivity index (χ0v) is 16.7. The zero-order chi connectivity index (χ0) is 21.1. The zero-order valence-electron chi connectivity index (χ0n) is 16.7. The lowest BCUT2D eigenvalue weighted by Gasteiger charge is -2.15. The maximum atomic E-state index is 10.3. The summed E-state index contributed by atoms with van der Waals surface area (Å²) < 4.78 is 16.1. The first-order valence-corrected chi connectivity index (χ1v) is 9.12. The van der Waals surface area contributed by atoms with Gasteiger partial charge in [0, 0.05) is 23.2 Å². The minimum atomic E-state index is -0.201. The molecule has 0 aliphatic rings. The summed E-state index contributed by atoms with van der Waals surface area (Å²) >= 11 is 0. The first kappa shape index (κ1) is 19.3. The second-order valence-corrected chi connectivity index (χ2v) is 6.36. The molecule has 0 spiro atoms. The number of methoxy groups -OCH3 is 3. The molecule has 152 valence electrons. The van der Waals surface area contributed by atoms with E-state index in [0.717, 1.165) is 10.9 Å². The number of anilines is 2. The molecule has 0 aliphatic carbocycles. The van der Waals surface area contributed by atoms with Crippen LogP contribution in [-0.4, -0.2) is 41.4 Å². The van der Waals surface area contributed by atoms with Crippen LogP contribution in [0.5, 0.6) is 23.1 Å². The third-order valence-electron chi connectivity index (χ3n) is 4.53. The van der Waals surface area contributed by atoms with Gasteiger partial charge in [0.1, 0.15) is 5.82 Å². The fourth-order valence-corrected chi connectivity index (χ4v) is 3.11. The standard InChI is InChI=1S/C22H20N4O4/c1-28-17-10-14(11-18(29-2)21(17)30-3)24-19-12-23-22(27)20(26-19)16-9-8-13-6-4-5-7-15(13)25-16/h4-12H,1-3H3,(H,23,27)(H,24,26). The van der Waals surface area contributed by atoms with E-state index in [4.69, 9.17) is 14.2 Å². The predicted octanol–water partition coefficient (Wildman–Crippen LogP) is 4.17. The van der Waals surface area contributed by atoms with Crippen LogP contribution in [0.3, 0.4) is 0 Å². The molecule has 2 heterocycles. The van der Waals surface area contributed by atoms with Gasteiger partial charge in [0.25, 0.3) is 0 Å². The van der Waals surface area contributed by atoms with E-state index in [1.807, 2.05) is 30.3 Å². The topological polar surface area (TPSA) is 98.6 Å². The van der Waals surface area contributed by atoms with Crippen LogP contribution >= 0.6 is 0 Å². The number of nitrogens with one attached hydrogen (secondary N) is 1. The van der Waals surface area contributed by atoms with E-state index in [1.54, 1.807) is 39.5 Å². The first-order chi connectivity index (χ1) is 14.6. The summed E-state index contributed by atoms with van der Waals surface area (Å²) in [4.78, 5) is 13.1. The lowest BCUT2D eigenvalue weighted by molar-refractivity contribution is 0.324. The van der Waals surface area contributed by atoms with Gasteiger partial charge in [-0.05, 0) is 12.1 Å². The minimum absolute atomic E-state index is 0.201. The molecule has 0 amide bonds. The van der Waals surface area contributed by atoms with Crippen molar-refractivity contribution in [2.45, 2.75) is 0 Å². The summed E-state index contributed by atoms with van der Waals surface area (Å²) in [6.07, 6.45) is 1.43. The highest BCUT2D eigenvalue weighted by molar-refractivity contribution is 5.81. The molecule has 2 aromatic carbocycles. The molecule has 30 heavy (non-hydrogen) atoms. The Morgan fingerprint density at radius 1 is 0.867 bits per heavy atom. The lowest BCUT2D eigenvalue weighted by atomic mass is 10.2. The molecule has 0 fully saturated rings. The van der Waals surface area contributed by atoms with Crippen molar-refractivity contribution in [1.29, 1.82) is 0 Å². The quantitative estimate of drug-likeness (QED) is 0.494. The predicted molar refractivity (Wildman–Crippen MR) is 114 cm³/mol. The monoisotopic (exact) mass is 404 g/mol. The van der Waals surface area contributed by atoms with E-state index in [1.165, 1.54) is 6.20 Å². The van der Waals surface area contributed by atoms with Crippen LogP contribution < -0.4 is 19.5 Å². The Labute approximate surface area is 173 Å². The van der Waals surface area contributed by atoms with Crippen LogP contribution in [0.15, 0.2) is 54.7 Å². The van der Waals surface area contributed by atoms with E-state index < -0.39 is 0 Å². The normalized spacial score (nSPS) is 10.6. The van der Waals surface area contributed by atoms with Crippen molar-refractivity contribution < 1.29 is 19.3 Å². The number of fused-ring (bicyclic) bond motifs is 1. The highest BCUT2D eigenvalue weighted by atomic mass is 16.5. The summed E-state index contributed by atoms with van der Waals surface area (Å²) in [6, 6.07) is 15.0. The molecule has 2 N–H and O–H groups in total. The Bertz CT molecular complexity index is 1190. The first-order valence-electron chi connectivity index (χ1n) is 9.12. The Kier molecular flexibility index (Phi) is 5.21. The molecule has 0 aliphatic heterocycles. The fraction of sp³-hybridized carbons (Fsp3) is 0.136. The van der Waals surface area contributed by atoms with Crippen LogP contribution in [0.2, 0.25) is 0 Å².